The summed E-state index contributed by atoms with van der Waals surface area (Å²) in [6.45, 7) is 4.29. The minimum Gasteiger partial charge on any atom is -0.313 e. The molecule has 0 aliphatic heterocycles. The quantitative estimate of drug-likeness (QED) is 0.826. The van der Waals surface area contributed by atoms with Crippen LogP contribution < -0.4 is 5.32 Å². The Kier molecular flexibility index (Phi) is 4.81. The standard InChI is InChI=1S/C16H27N3/c1-12-15(13(2)19(4)18-12)10-11-16(17-3)14-8-6-5-7-9-14/h8,16-17H,5-7,9-11H2,1-4H3. The molecular weight excluding hydrogens is 234 g/mol. The van der Waals surface area contributed by atoms with Gasteiger partial charge in [-0.25, -0.2) is 0 Å². The summed E-state index contributed by atoms with van der Waals surface area (Å²) in [5, 5.41) is 8.00. The Labute approximate surface area is 117 Å². The lowest BCUT2D eigenvalue weighted by Crippen LogP contribution is -2.29. The van der Waals surface area contributed by atoms with Gasteiger partial charge < -0.3 is 5.32 Å². The fourth-order valence-corrected chi connectivity index (χ4v) is 3.16. The summed E-state index contributed by atoms with van der Waals surface area (Å²) in [6.07, 6.45) is 10.0. The predicted octanol–water partition coefficient (Wildman–Crippen LogP) is 3.06. The summed E-state index contributed by atoms with van der Waals surface area (Å²) < 4.78 is 2.00. The molecule has 106 valence electrons. The second-order valence-electron chi connectivity index (χ2n) is 5.68. The van der Waals surface area contributed by atoms with Gasteiger partial charge in [-0.2, -0.15) is 5.10 Å². The van der Waals surface area contributed by atoms with Gasteiger partial charge in [0.25, 0.3) is 0 Å². The number of hydrogen-bond acceptors (Lipinski definition) is 2. The zero-order valence-corrected chi connectivity index (χ0v) is 12.8. The minimum absolute atomic E-state index is 0.541. The van der Waals surface area contributed by atoms with Crippen molar-refractivity contribution in [3.05, 3.63) is 28.6 Å². The fourth-order valence-electron chi connectivity index (χ4n) is 3.16. The summed E-state index contributed by atoms with van der Waals surface area (Å²) in [5.41, 5.74) is 5.55. The number of allylic oxidation sites excluding steroid dienone is 1. The van der Waals surface area contributed by atoms with E-state index in [9.17, 15) is 0 Å². The lowest BCUT2D eigenvalue weighted by atomic mass is 9.90. The Balaban J connectivity index is 2.01. The van der Waals surface area contributed by atoms with Crippen molar-refractivity contribution in [1.29, 1.82) is 0 Å². The maximum Gasteiger partial charge on any atom is 0.0628 e. The van der Waals surface area contributed by atoms with E-state index >= 15 is 0 Å². The van der Waals surface area contributed by atoms with Gasteiger partial charge in [0.1, 0.15) is 0 Å². The van der Waals surface area contributed by atoms with E-state index in [1.165, 1.54) is 49.1 Å². The van der Waals surface area contributed by atoms with Gasteiger partial charge in [0, 0.05) is 18.8 Å². The number of aromatic nitrogens is 2. The highest BCUT2D eigenvalue weighted by molar-refractivity contribution is 5.25. The number of nitrogens with zero attached hydrogens (tertiary/aromatic N) is 2. The van der Waals surface area contributed by atoms with Crippen molar-refractivity contribution in [3.8, 4) is 0 Å². The molecular formula is C16H27N3. The molecule has 0 radical (unpaired) electrons. The van der Waals surface area contributed by atoms with Crippen molar-refractivity contribution in [2.75, 3.05) is 7.05 Å². The molecule has 1 aliphatic carbocycles. The molecule has 0 amide bonds. The summed E-state index contributed by atoms with van der Waals surface area (Å²) >= 11 is 0. The molecule has 3 heteroatoms. The molecule has 1 aromatic heterocycles. The van der Waals surface area contributed by atoms with E-state index in [-0.39, 0.29) is 0 Å². The topological polar surface area (TPSA) is 29.9 Å². The van der Waals surface area contributed by atoms with E-state index in [0.717, 1.165) is 6.42 Å². The first kappa shape index (κ1) is 14.3. The molecule has 0 bridgehead atoms. The summed E-state index contributed by atoms with van der Waals surface area (Å²) in [5.74, 6) is 0. The van der Waals surface area contributed by atoms with E-state index < -0.39 is 0 Å². The Morgan fingerprint density at radius 3 is 2.68 bits per heavy atom. The molecule has 0 fully saturated rings. The maximum absolute atomic E-state index is 4.51. The Morgan fingerprint density at radius 2 is 2.16 bits per heavy atom. The first-order chi connectivity index (χ1) is 9.13. The Hall–Kier alpha value is -1.09. The highest BCUT2D eigenvalue weighted by atomic mass is 15.3. The van der Waals surface area contributed by atoms with Crippen molar-refractivity contribution >= 4 is 0 Å². The van der Waals surface area contributed by atoms with Crippen molar-refractivity contribution in [1.82, 2.24) is 15.1 Å². The van der Waals surface area contributed by atoms with Crippen molar-refractivity contribution < 1.29 is 0 Å². The largest absolute Gasteiger partial charge is 0.313 e. The van der Waals surface area contributed by atoms with Gasteiger partial charge >= 0.3 is 0 Å². The molecule has 0 aromatic carbocycles. The van der Waals surface area contributed by atoms with Crippen LogP contribution in [0.15, 0.2) is 11.6 Å². The van der Waals surface area contributed by atoms with Crippen LogP contribution in [0.1, 0.15) is 49.1 Å². The third-order valence-corrected chi connectivity index (χ3v) is 4.46. The van der Waals surface area contributed by atoms with Gasteiger partial charge in [0.15, 0.2) is 0 Å². The normalized spacial score (nSPS) is 17.4. The zero-order chi connectivity index (χ0) is 13.8. The van der Waals surface area contributed by atoms with E-state index in [1.54, 1.807) is 5.57 Å². The summed E-state index contributed by atoms with van der Waals surface area (Å²) in [6, 6.07) is 0.541. The van der Waals surface area contributed by atoms with Crippen molar-refractivity contribution in [2.45, 2.75) is 58.4 Å². The smallest absolute Gasteiger partial charge is 0.0628 e. The van der Waals surface area contributed by atoms with Crippen LogP contribution in [0.3, 0.4) is 0 Å². The molecule has 1 heterocycles. The molecule has 1 unspecified atom stereocenters. The third-order valence-electron chi connectivity index (χ3n) is 4.46. The Morgan fingerprint density at radius 1 is 1.37 bits per heavy atom. The fraction of sp³-hybridized carbons (Fsp3) is 0.688. The zero-order valence-electron chi connectivity index (χ0n) is 12.8. The van der Waals surface area contributed by atoms with Crippen molar-refractivity contribution in [3.63, 3.8) is 0 Å². The molecule has 1 aromatic rings. The van der Waals surface area contributed by atoms with Crippen LogP contribution in [0.5, 0.6) is 0 Å². The molecule has 1 N–H and O–H groups in total. The Bertz CT molecular complexity index is 457. The first-order valence-electron chi connectivity index (χ1n) is 7.48. The molecule has 2 rings (SSSR count). The van der Waals surface area contributed by atoms with Crippen LogP contribution in [0.25, 0.3) is 0 Å². The number of likely N-dealkylation sites (N-methyl/N-ethyl adjacent to an activating group) is 1. The monoisotopic (exact) mass is 261 g/mol. The van der Waals surface area contributed by atoms with Crippen LogP contribution in [-0.4, -0.2) is 22.9 Å². The van der Waals surface area contributed by atoms with Gasteiger partial charge in [-0.1, -0.05) is 11.6 Å². The number of nitrogens with one attached hydrogen (secondary N) is 1. The highest BCUT2D eigenvalue weighted by Crippen LogP contribution is 2.23. The second kappa shape index (κ2) is 6.38. The van der Waals surface area contributed by atoms with Gasteiger partial charge in [-0.3, -0.25) is 4.68 Å². The van der Waals surface area contributed by atoms with E-state index in [4.69, 9.17) is 0 Å². The second-order valence-corrected chi connectivity index (χ2v) is 5.68. The molecule has 1 atom stereocenters. The SMILES string of the molecule is CNC(CCc1c(C)nn(C)c1C)C1=CCCCC1. The average Bonchev–Trinajstić information content (AvgIpc) is 2.66. The summed E-state index contributed by atoms with van der Waals surface area (Å²) in [7, 11) is 4.12. The van der Waals surface area contributed by atoms with Gasteiger partial charge in [0.2, 0.25) is 0 Å². The lowest BCUT2D eigenvalue weighted by molar-refractivity contribution is 0.539. The summed E-state index contributed by atoms with van der Waals surface area (Å²) in [4.78, 5) is 0. The van der Waals surface area contributed by atoms with Gasteiger partial charge in [-0.15, -0.1) is 0 Å². The van der Waals surface area contributed by atoms with Crippen molar-refractivity contribution in [2.24, 2.45) is 7.05 Å². The van der Waals surface area contributed by atoms with Gasteiger partial charge in [0.05, 0.1) is 5.69 Å². The third kappa shape index (κ3) is 3.27. The highest BCUT2D eigenvalue weighted by Gasteiger charge is 2.16. The number of rotatable bonds is 5. The molecule has 3 nitrogen and oxygen atoms in total. The molecule has 19 heavy (non-hydrogen) atoms. The molecule has 0 saturated heterocycles. The van der Waals surface area contributed by atoms with Crippen LogP contribution in [-0.2, 0) is 13.5 Å². The lowest BCUT2D eigenvalue weighted by Gasteiger charge is -2.23. The predicted molar refractivity (Wildman–Crippen MR) is 80.4 cm³/mol. The van der Waals surface area contributed by atoms with Crippen LogP contribution in [0, 0.1) is 13.8 Å². The molecule has 1 aliphatic rings. The van der Waals surface area contributed by atoms with Crippen LogP contribution >= 0.6 is 0 Å². The maximum atomic E-state index is 4.51. The van der Waals surface area contributed by atoms with E-state index in [1.807, 2.05) is 11.7 Å². The first-order valence-corrected chi connectivity index (χ1v) is 7.48. The van der Waals surface area contributed by atoms with E-state index in [0.29, 0.717) is 6.04 Å². The van der Waals surface area contributed by atoms with E-state index in [2.05, 4.69) is 37.4 Å². The number of hydrogen-bond donors (Lipinski definition) is 1. The van der Waals surface area contributed by atoms with Crippen LogP contribution in [0.4, 0.5) is 0 Å². The molecule has 0 spiro atoms. The van der Waals surface area contributed by atoms with Crippen LogP contribution in [0.2, 0.25) is 0 Å². The minimum atomic E-state index is 0.541. The van der Waals surface area contributed by atoms with Gasteiger partial charge in [-0.05, 0) is 65.0 Å². The number of aryl methyl sites for hydroxylation is 2. The average molecular weight is 261 g/mol. The molecule has 0 saturated carbocycles.